The maximum absolute atomic E-state index is 6.44. The molecule has 0 aliphatic carbocycles. The van der Waals surface area contributed by atoms with Gasteiger partial charge in [0, 0.05) is 17.3 Å². The lowest BCUT2D eigenvalue weighted by Crippen LogP contribution is -2.24. The van der Waals surface area contributed by atoms with E-state index >= 15 is 0 Å². The predicted octanol–water partition coefficient (Wildman–Crippen LogP) is 3.90. The quantitative estimate of drug-likeness (QED) is 0.478. The average Bonchev–Trinajstić information content (AvgIpc) is 3.31. The second-order valence-electron chi connectivity index (χ2n) is 6.61. The topological polar surface area (TPSA) is 76.9 Å². The van der Waals surface area contributed by atoms with Crippen molar-refractivity contribution in [2.45, 2.75) is 25.8 Å². The summed E-state index contributed by atoms with van der Waals surface area (Å²) in [5.41, 5.74) is 11.2. The molecule has 1 aliphatic heterocycles. The van der Waals surface area contributed by atoms with E-state index in [0.29, 0.717) is 12.4 Å². The first kappa shape index (κ1) is 18.0. The molecule has 3 heterocycles. The van der Waals surface area contributed by atoms with Gasteiger partial charge < -0.3 is 15.8 Å². The Morgan fingerprint density at radius 2 is 2.30 bits per heavy atom. The Kier molecular flexibility index (Phi) is 5.13. The molecule has 1 aromatic carbocycles. The molecule has 0 amide bonds. The number of ether oxygens (including phenoxy) is 1. The van der Waals surface area contributed by atoms with Crippen molar-refractivity contribution in [1.29, 1.82) is 0 Å². The number of aryl methyl sites for hydroxylation is 1. The van der Waals surface area contributed by atoms with Crippen LogP contribution in [0.15, 0.2) is 52.2 Å². The zero-order valence-corrected chi connectivity index (χ0v) is 16.7. The summed E-state index contributed by atoms with van der Waals surface area (Å²) in [5, 5.41) is 8.09. The van der Waals surface area contributed by atoms with Crippen LogP contribution in [0.25, 0.3) is 5.52 Å². The van der Waals surface area contributed by atoms with Crippen molar-refractivity contribution >= 4 is 38.7 Å². The third kappa shape index (κ3) is 3.70. The molecule has 0 bridgehead atoms. The Bertz CT molecular complexity index is 991. The Balaban J connectivity index is 1.80. The van der Waals surface area contributed by atoms with Crippen molar-refractivity contribution in [2.24, 2.45) is 10.7 Å². The molecule has 0 spiro atoms. The molecule has 3 N–H and O–H groups in total. The number of anilines is 1. The molecule has 3 aromatic rings. The highest BCUT2D eigenvalue weighted by atomic mass is 79.9. The number of benzene rings is 1. The van der Waals surface area contributed by atoms with Crippen LogP contribution in [0.5, 0.6) is 0 Å². The lowest BCUT2D eigenvalue weighted by atomic mass is 10.1. The Labute approximate surface area is 166 Å². The van der Waals surface area contributed by atoms with Crippen LogP contribution in [0.1, 0.15) is 24.5 Å². The number of nitrogens with two attached hydrogens (primary N) is 1. The normalized spacial score (nSPS) is 17.6. The monoisotopic (exact) mass is 427 g/mol. The number of hydrogen-bond acceptors (Lipinski definition) is 4. The van der Waals surface area contributed by atoms with Gasteiger partial charge in [0.25, 0.3) is 0 Å². The smallest absolute Gasteiger partial charge is 0.135 e. The number of nitrogens with zero attached hydrogens (tertiary/aromatic N) is 3. The third-order valence-corrected chi connectivity index (χ3v) is 5.20. The maximum Gasteiger partial charge on any atom is 0.135 e. The molecule has 7 heteroatoms. The number of halogens is 1. The van der Waals surface area contributed by atoms with Crippen LogP contribution in [-0.2, 0) is 11.2 Å². The van der Waals surface area contributed by atoms with E-state index in [1.54, 1.807) is 6.20 Å². The van der Waals surface area contributed by atoms with Crippen LogP contribution in [0.4, 0.5) is 11.4 Å². The van der Waals surface area contributed by atoms with Gasteiger partial charge in [-0.25, -0.2) is 9.51 Å². The molecule has 1 saturated heterocycles. The fourth-order valence-electron chi connectivity index (χ4n) is 3.33. The first-order valence-corrected chi connectivity index (χ1v) is 9.88. The van der Waals surface area contributed by atoms with Gasteiger partial charge in [0.15, 0.2) is 0 Å². The molecule has 0 unspecified atom stereocenters. The summed E-state index contributed by atoms with van der Waals surface area (Å²) in [6.45, 7) is 3.57. The highest BCUT2D eigenvalue weighted by Crippen LogP contribution is 2.28. The maximum atomic E-state index is 6.44. The largest absolute Gasteiger partial charge is 0.383 e. The van der Waals surface area contributed by atoms with Crippen molar-refractivity contribution in [1.82, 2.24) is 9.61 Å². The summed E-state index contributed by atoms with van der Waals surface area (Å²) in [5.74, 6) is 0.449. The van der Waals surface area contributed by atoms with Crippen molar-refractivity contribution < 1.29 is 4.74 Å². The number of nitrogens with one attached hydrogen (secondary N) is 1. The second-order valence-corrected chi connectivity index (χ2v) is 7.52. The molecule has 0 saturated carbocycles. The number of hydrogen-bond donors (Lipinski definition) is 2. The Morgan fingerprint density at radius 3 is 3.07 bits per heavy atom. The van der Waals surface area contributed by atoms with E-state index in [9.17, 15) is 0 Å². The zero-order chi connectivity index (χ0) is 18.8. The standard InChI is InChI=1S/C20H22BrN5O/c1-2-13-5-3-4-6-17(13)25-20(22)16-10-23-26-11-14(21)9-18(26)19(16)24-15-7-8-27-12-15/h3-6,9-11,15,24H,2,7-8,12H2,1H3,(H2,22,25)/t15-/m0/s1. The summed E-state index contributed by atoms with van der Waals surface area (Å²) in [4.78, 5) is 4.71. The summed E-state index contributed by atoms with van der Waals surface area (Å²) in [6.07, 6.45) is 5.56. The molecule has 1 aliphatic rings. The van der Waals surface area contributed by atoms with E-state index in [2.05, 4.69) is 39.3 Å². The number of para-hydroxylation sites is 1. The fraction of sp³-hybridized carbons (Fsp3) is 0.300. The summed E-state index contributed by atoms with van der Waals surface area (Å²) < 4.78 is 8.31. The lowest BCUT2D eigenvalue weighted by molar-refractivity contribution is 0.195. The number of aliphatic imine (C=N–C) groups is 1. The van der Waals surface area contributed by atoms with Gasteiger partial charge in [0.1, 0.15) is 5.84 Å². The zero-order valence-electron chi connectivity index (χ0n) is 15.2. The molecule has 4 rings (SSSR count). The number of amidine groups is 1. The van der Waals surface area contributed by atoms with E-state index in [1.807, 2.05) is 35.0 Å². The summed E-state index contributed by atoms with van der Waals surface area (Å²) >= 11 is 3.53. The minimum atomic E-state index is 0.249. The highest BCUT2D eigenvalue weighted by Gasteiger charge is 2.20. The van der Waals surface area contributed by atoms with Crippen molar-refractivity contribution in [3.63, 3.8) is 0 Å². The van der Waals surface area contributed by atoms with Gasteiger partial charge in [-0.05, 0) is 46.5 Å². The van der Waals surface area contributed by atoms with Crippen LogP contribution >= 0.6 is 15.9 Å². The van der Waals surface area contributed by atoms with Gasteiger partial charge in [0.2, 0.25) is 0 Å². The number of fused-ring (bicyclic) bond motifs is 1. The molecule has 2 aromatic heterocycles. The first-order chi connectivity index (χ1) is 13.2. The summed E-state index contributed by atoms with van der Waals surface area (Å²) in [6, 6.07) is 10.3. The van der Waals surface area contributed by atoms with Gasteiger partial charge in [-0.2, -0.15) is 5.10 Å². The van der Waals surface area contributed by atoms with Crippen molar-refractivity contribution in [2.75, 3.05) is 18.5 Å². The van der Waals surface area contributed by atoms with E-state index in [-0.39, 0.29) is 6.04 Å². The van der Waals surface area contributed by atoms with Crippen LogP contribution in [0, 0.1) is 0 Å². The second kappa shape index (κ2) is 7.70. The van der Waals surface area contributed by atoms with Gasteiger partial charge >= 0.3 is 0 Å². The van der Waals surface area contributed by atoms with Gasteiger partial charge in [-0.3, -0.25) is 0 Å². The average molecular weight is 428 g/mol. The predicted molar refractivity (Wildman–Crippen MR) is 112 cm³/mol. The van der Waals surface area contributed by atoms with E-state index in [1.165, 1.54) is 5.56 Å². The van der Waals surface area contributed by atoms with Crippen LogP contribution in [-0.4, -0.2) is 34.7 Å². The first-order valence-electron chi connectivity index (χ1n) is 9.09. The highest BCUT2D eigenvalue weighted by molar-refractivity contribution is 9.10. The minimum absolute atomic E-state index is 0.249. The van der Waals surface area contributed by atoms with Crippen LogP contribution in [0.3, 0.4) is 0 Å². The Morgan fingerprint density at radius 1 is 1.44 bits per heavy atom. The fourth-order valence-corrected chi connectivity index (χ4v) is 3.74. The SMILES string of the molecule is CCc1ccccc1N=C(N)c1cnn2cc(Br)cc2c1N[C@H]1CCOC1. The molecular formula is C20H22BrN5O. The third-order valence-electron chi connectivity index (χ3n) is 4.77. The molecule has 1 fully saturated rings. The summed E-state index contributed by atoms with van der Waals surface area (Å²) in [7, 11) is 0. The van der Waals surface area contributed by atoms with E-state index in [0.717, 1.165) is 46.4 Å². The number of rotatable bonds is 5. The van der Waals surface area contributed by atoms with Gasteiger partial charge in [-0.15, -0.1) is 0 Å². The van der Waals surface area contributed by atoms with Crippen molar-refractivity contribution in [3.8, 4) is 0 Å². The molecular weight excluding hydrogens is 406 g/mol. The van der Waals surface area contributed by atoms with Gasteiger partial charge in [0.05, 0.1) is 41.3 Å². The molecule has 140 valence electrons. The van der Waals surface area contributed by atoms with E-state index < -0.39 is 0 Å². The van der Waals surface area contributed by atoms with E-state index in [4.69, 9.17) is 15.5 Å². The lowest BCUT2D eigenvalue weighted by Gasteiger charge is -2.17. The molecule has 1 atom stereocenters. The molecule has 27 heavy (non-hydrogen) atoms. The minimum Gasteiger partial charge on any atom is -0.383 e. The van der Waals surface area contributed by atoms with Crippen LogP contribution in [0.2, 0.25) is 0 Å². The van der Waals surface area contributed by atoms with Crippen molar-refractivity contribution in [3.05, 3.63) is 58.3 Å². The van der Waals surface area contributed by atoms with Gasteiger partial charge in [-0.1, -0.05) is 25.1 Å². The molecule has 0 radical (unpaired) electrons. The van der Waals surface area contributed by atoms with Crippen LogP contribution < -0.4 is 11.1 Å². The Hall–Kier alpha value is -2.38. The number of aromatic nitrogens is 2. The molecule has 6 nitrogen and oxygen atoms in total.